The first-order valence-corrected chi connectivity index (χ1v) is 5.21. The third kappa shape index (κ3) is 2.75. The quantitative estimate of drug-likeness (QED) is 0.912. The Balaban J connectivity index is 2.61. The lowest BCUT2D eigenvalue weighted by Crippen LogP contribution is -2.08. The van der Waals surface area contributed by atoms with E-state index < -0.39 is 23.3 Å². The van der Waals surface area contributed by atoms with Gasteiger partial charge in [-0.3, -0.25) is 0 Å². The van der Waals surface area contributed by atoms with Gasteiger partial charge in [0.2, 0.25) is 0 Å². The summed E-state index contributed by atoms with van der Waals surface area (Å²) in [6, 6.07) is 2.66. The molecule has 0 saturated carbocycles. The minimum absolute atomic E-state index is 0.118. The molecule has 1 N–H and O–H groups in total. The van der Waals surface area contributed by atoms with Gasteiger partial charge in [0.15, 0.2) is 0 Å². The third-order valence-electron chi connectivity index (χ3n) is 2.51. The molecule has 0 radical (unpaired) electrons. The Morgan fingerprint density at radius 3 is 2.47 bits per heavy atom. The van der Waals surface area contributed by atoms with Crippen LogP contribution in [0.4, 0.5) is 13.2 Å². The normalized spacial score (nSPS) is 11.6. The van der Waals surface area contributed by atoms with Gasteiger partial charge in [0.1, 0.15) is 0 Å². The van der Waals surface area contributed by atoms with Crippen LogP contribution < -0.4 is 0 Å². The molecule has 4 nitrogen and oxygen atoms in total. The minimum atomic E-state index is -4.60. The lowest BCUT2D eigenvalue weighted by Gasteiger charge is -2.09. The second-order valence-electron chi connectivity index (χ2n) is 4.03. The zero-order valence-electron chi connectivity index (χ0n) is 9.77. The second-order valence-corrected chi connectivity index (χ2v) is 4.03. The molecule has 0 atom stereocenters. The van der Waals surface area contributed by atoms with Crippen molar-refractivity contribution in [2.75, 3.05) is 0 Å². The number of carboxylic acid groups (broad SMARTS) is 1. The molecule has 0 saturated heterocycles. The summed E-state index contributed by atoms with van der Waals surface area (Å²) in [5.41, 5.74) is -1.02. The molecule has 1 aromatic heterocycles. The van der Waals surface area contributed by atoms with E-state index >= 15 is 0 Å². The van der Waals surface area contributed by atoms with Crippen molar-refractivity contribution in [3.05, 3.63) is 41.9 Å². The number of halogens is 3. The molecule has 0 aliphatic heterocycles. The van der Waals surface area contributed by atoms with Gasteiger partial charge in [0.05, 0.1) is 23.1 Å². The van der Waals surface area contributed by atoms with E-state index in [0.29, 0.717) is 6.07 Å². The first kappa shape index (κ1) is 13.1. The molecular formula is C12H9F3N2O2. The van der Waals surface area contributed by atoms with Crippen molar-refractivity contribution in [1.82, 2.24) is 9.55 Å². The fraction of sp³-hybridized carbons (Fsp3) is 0.167. The largest absolute Gasteiger partial charge is 0.478 e. The zero-order valence-corrected chi connectivity index (χ0v) is 9.77. The predicted molar refractivity (Wildman–Crippen MR) is 60.6 cm³/mol. The first-order chi connectivity index (χ1) is 8.77. The Kier molecular flexibility index (Phi) is 3.05. The summed E-state index contributed by atoms with van der Waals surface area (Å²) in [5, 5.41) is 8.86. The Morgan fingerprint density at radius 2 is 2.00 bits per heavy atom. The highest BCUT2D eigenvalue weighted by molar-refractivity contribution is 5.89. The second kappa shape index (κ2) is 4.42. The van der Waals surface area contributed by atoms with Crippen molar-refractivity contribution in [3.63, 3.8) is 0 Å². The van der Waals surface area contributed by atoms with Crippen molar-refractivity contribution in [3.8, 4) is 11.3 Å². The van der Waals surface area contributed by atoms with Crippen LogP contribution in [0.5, 0.6) is 0 Å². The van der Waals surface area contributed by atoms with E-state index in [1.54, 1.807) is 11.6 Å². The fourth-order valence-corrected chi connectivity index (χ4v) is 1.62. The fourth-order valence-electron chi connectivity index (χ4n) is 1.62. The number of carboxylic acids is 1. The molecule has 0 bridgehead atoms. The van der Waals surface area contributed by atoms with Crippen LogP contribution in [0.3, 0.4) is 0 Å². The topological polar surface area (TPSA) is 55.1 Å². The van der Waals surface area contributed by atoms with Crippen molar-refractivity contribution in [2.24, 2.45) is 7.05 Å². The van der Waals surface area contributed by atoms with E-state index in [2.05, 4.69) is 4.98 Å². The molecule has 0 unspecified atom stereocenters. The lowest BCUT2D eigenvalue weighted by atomic mass is 10.0. The van der Waals surface area contributed by atoms with Gasteiger partial charge in [0.25, 0.3) is 0 Å². The zero-order chi connectivity index (χ0) is 14.2. The Bertz CT molecular complexity index is 632. The minimum Gasteiger partial charge on any atom is -0.478 e. The monoisotopic (exact) mass is 270 g/mol. The van der Waals surface area contributed by atoms with Crippen LogP contribution in [0.1, 0.15) is 15.9 Å². The van der Waals surface area contributed by atoms with Crippen LogP contribution >= 0.6 is 0 Å². The van der Waals surface area contributed by atoms with E-state index in [-0.39, 0.29) is 11.3 Å². The number of rotatable bonds is 2. The lowest BCUT2D eigenvalue weighted by molar-refractivity contribution is -0.137. The number of hydrogen-bond acceptors (Lipinski definition) is 2. The van der Waals surface area contributed by atoms with E-state index in [1.165, 1.54) is 18.6 Å². The standard InChI is InChI=1S/C12H9F3N2O2/c1-17-5-10(16-6-17)7-2-8(11(18)19)4-9(3-7)12(13,14)15/h2-6H,1H3,(H,18,19). The number of alkyl halides is 3. The molecular weight excluding hydrogens is 261 g/mol. The van der Waals surface area contributed by atoms with E-state index in [9.17, 15) is 18.0 Å². The number of benzene rings is 1. The summed E-state index contributed by atoms with van der Waals surface area (Å²) < 4.78 is 39.7. The van der Waals surface area contributed by atoms with Gasteiger partial charge in [-0.2, -0.15) is 13.2 Å². The number of aromatic carboxylic acids is 1. The Hall–Kier alpha value is -2.31. The molecule has 0 amide bonds. The van der Waals surface area contributed by atoms with Crippen LogP contribution in [0.25, 0.3) is 11.3 Å². The number of aromatic nitrogens is 2. The van der Waals surface area contributed by atoms with Crippen LogP contribution in [-0.4, -0.2) is 20.6 Å². The molecule has 0 aliphatic carbocycles. The number of aryl methyl sites for hydroxylation is 1. The highest BCUT2D eigenvalue weighted by Gasteiger charge is 2.32. The molecule has 19 heavy (non-hydrogen) atoms. The maximum absolute atomic E-state index is 12.7. The van der Waals surface area contributed by atoms with Crippen LogP contribution in [0.15, 0.2) is 30.7 Å². The molecule has 2 aromatic rings. The average Bonchev–Trinajstić information content (AvgIpc) is 2.74. The number of imidazole rings is 1. The first-order valence-electron chi connectivity index (χ1n) is 5.21. The Morgan fingerprint density at radius 1 is 1.32 bits per heavy atom. The molecule has 100 valence electrons. The molecule has 2 rings (SSSR count). The van der Waals surface area contributed by atoms with E-state index in [1.807, 2.05) is 0 Å². The number of hydrogen-bond donors (Lipinski definition) is 1. The SMILES string of the molecule is Cn1cnc(-c2cc(C(=O)O)cc(C(F)(F)F)c2)c1. The van der Waals surface area contributed by atoms with Crippen molar-refractivity contribution >= 4 is 5.97 Å². The van der Waals surface area contributed by atoms with E-state index in [4.69, 9.17) is 5.11 Å². The maximum atomic E-state index is 12.7. The predicted octanol–water partition coefficient (Wildman–Crippen LogP) is 2.80. The Labute approximate surface area is 106 Å². The molecule has 0 aliphatic rings. The summed E-state index contributed by atoms with van der Waals surface area (Å²) in [6.07, 6.45) is -1.66. The highest BCUT2D eigenvalue weighted by Crippen LogP contribution is 2.33. The van der Waals surface area contributed by atoms with Crippen LogP contribution in [-0.2, 0) is 13.2 Å². The molecule has 0 spiro atoms. The summed E-state index contributed by atoms with van der Waals surface area (Å²) in [4.78, 5) is 14.8. The molecule has 1 heterocycles. The van der Waals surface area contributed by atoms with Gasteiger partial charge in [0, 0.05) is 18.8 Å². The van der Waals surface area contributed by atoms with E-state index in [0.717, 1.165) is 6.07 Å². The van der Waals surface area contributed by atoms with Gasteiger partial charge in [-0.25, -0.2) is 9.78 Å². The summed E-state index contributed by atoms with van der Waals surface area (Å²) >= 11 is 0. The van der Waals surface area contributed by atoms with Gasteiger partial charge in [-0.15, -0.1) is 0 Å². The van der Waals surface area contributed by atoms with Gasteiger partial charge in [-0.1, -0.05) is 0 Å². The summed E-state index contributed by atoms with van der Waals surface area (Å²) in [5.74, 6) is -1.41. The molecule has 0 fully saturated rings. The number of nitrogens with zero attached hydrogens (tertiary/aromatic N) is 2. The van der Waals surface area contributed by atoms with Crippen molar-refractivity contribution in [1.29, 1.82) is 0 Å². The van der Waals surface area contributed by atoms with Crippen LogP contribution in [0, 0.1) is 0 Å². The van der Waals surface area contributed by atoms with Gasteiger partial charge in [-0.05, 0) is 18.2 Å². The summed E-state index contributed by atoms with van der Waals surface area (Å²) in [7, 11) is 1.67. The van der Waals surface area contributed by atoms with Crippen LogP contribution in [0.2, 0.25) is 0 Å². The average molecular weight is 270 g/mol. The summed E-state index contributed by atoms with van der Waals surface area (Å²) in [6.45, 7) is 0. The van der Waals surface area contributed by atoms with Crippen molar-refractivity contribution < 1.29 is 23.1 Å². The van der Waals surface area contributed by atoms with Crippen molar-refractivity contribution in [2.45, 2.75) is 6.18 Å². The van der Waals surface area contributed by atoms with Gasteiger partial charge >= 0.3 is 12.1 Å². The molecule has 1 aromatic carbocycles. The highest BCUT2D eigenvalue weighted by atomic mass is 19.4. The van der Waals surface area contributed by atoms with Gasteiger partial charge < -0.3 is 9.67 Å². The smallest absolute Gasteiger partial charge is 0.416 e. The maximum Gasteiger partial charge on any atom is 0.416 e. The third-order valence-corrected chi connectivity index (χ3v) is 2.51. The number of carbonyl (C=O) groups is 1. The molecule has 7 heteroatoms.